The van der Waals surface area contributed by atoms with Crippen molar-refractivity contribution in [2.45, 2.75) is 19.3 Å². The fourth-order valence-corrected chi connectivity index (χ4v) is 2.20. The van der Waals surface area contributed by atoms with Gasteiger partial charge in [-0.05, 0) is 19.3 Å². The molecule has 0 aromatic carbocycles. The lowest BCUT2D eigenvalue weighted by Crippen LogP contribution is -2.34. The summed E-state index contributed by atoms with van der Waals surface area (Å²) >= 11 is 0. The van der Waals surface area contributed by atoms with E-state index in [1.165, 1.54) is 19.3 Å². The van der Waals surface area contributed by atoms with Crippen molar-refractivity contribution in [2.75, 3.05) is 19.6 Å². The van der Waals surface area contributed by atoms with Gasteiger partial charge in [0, 0.05) is 19.6 Å². The molecule has 0 spiro atoms. The summed E-state index contributed by atoms with van der Waals surface area (Å²) in [7, 11) is 0. The van der Waals surface area contributed by atoms with Gasteiger partial charge in [-0.2, -0.15) is 10.5 Å². The normalized spacial score (nSPS) is 25.7. The van der Waals surface area contributed by atoms with Gasteiger partial charge in [0.1, 0.15) is 11.7 Å². The van der Waals surface area contributed by atoms with Crippen molar-refractivity contribution < 1.29 is 0 Å². The standard InChI is InChI=1S/C11H14N4/c12-6-9-8-14-11(10(9)7-13)15-4-2-1-3-5-15/h9,14H,1-5,8H2. The Hall–Kier alpha value is -1.68. The molecule has 15 heavy (non-hydrogen) atoms. The molecule has 0 bridgehead atoms. The van der Waals surface area contributed by atoms with Crippen molar-refractivity contribution in [1.29, 1.82) is 10.5 Å². The summed E-state index contributed by atoms with van der Waals surface area (Å²) in [6, 6.07) is 4.33. The molecule has 1 atom stereocenters. The van der Waals surface area contributed by atoms with Gasteiger partial charge in [-0.25, -0.2) is 0 Å². The minimum absolute atomic E-state index is 0.257. The molecule has 2 aliphatic heterocycles. The Balaban J connectivity index is 2.20. The van der Waals surface area contributed by atoms with Crippen LogP contribution in [0.5, 0.6) is 0 Å². The summed E-state index contributed by atoms with van der Waals surface area (Å²) in [6.45, 7) is 2.60. The molecule has 0 radical (unpaired) electrons. The average Bonchev–Trinajstić information content (AvgIpc) is 2.72. The van der Waals surface area contributed by atoms with Gasteiger partial charge in [-0.15, -0.1) is 0 Å². The average molecular weight is 202 g/mol. The van der Waals surface area contributed by atoms with E-state index in [1.807, 2.05) is 0 Å². The van der Waals surface area contributed by atoms with E-state index in [0.717, 1.165) is 18.9 Å². The zero-order valence-corrected chi connectivity index (χ0v) is 8.66. The maximum Gasteiger partial charge on any atom is 0.117 e. The third-order valence-corrected chi connectivity index (χ3v) is 3.03. The van der Waals surface area contributed by atoms with Gasteiger partial charge in [-0.3, -0.25) is 0 Å². The van der Waals surface area contributed by atoms with Crippen LogP contribution in [0.1, 0.15) is 19.3 Å². The Morgan fingerprint density at radius 3 is 2.53 bits per heavy atom. The molecule has 1 fully saturated rings. The molecule has 1 N–H and O–H groups in total. The van der Waals surface area contributed by atoms with Gasteiger partial charge in [0.05, 0.1) is 17.7 Å². The maximum absolute atomic E-state index is 9.04. The molecule has 0 amide bonds. The molecular weight excluding hydrogens is 188 g/mol. The van der Waals surface area contributed by atoms with Gasteiger partial charge in [-0.1, -0.05) is 0 Å². The molecule has 0 saturated carbocycles. The SMILES string of the molecule is N#CC1=C(N2CCCCC2)NCC1C#N. The third-order valence-electron chi connectivity index (χ3n) is 3.03. The summed E-state index contributed by atoms with van der Waals surface area (Å²) in [5.74, 6) is 0.649. The number of hydrogen-bond donors (Lipinski definition) is 1. The first-order valence-corrected chi connectivity index (χ1v) is 5.39. The van der Waals surface area contributed by atoms with Crippen molar-refractivity contribution >= 4 is 0 Å². The summed E-state index contributed by atoms with van der Waals surface area (Å²) in [5, 5.41) is 21.1. The highest BCUT2D eigenvalue weighted by atomic mass is 15.3. The van der Waals surface area contributed by atoms with E-state index in [1.54, 1.807) is 0 Å². The van der Waals surface area contributed by atoms with Crippen LogP contribution in [0.3, 0.4) is 0 Å². The molecule has 0 aromatic heterocycles. The smallest absolute Gasteiger partial charge is 0.117 e. The predicted molar refractivity (Wildman–Crippen MR) is 55.2 cm³/mol. The molecule has 1 saturated heterocycles. The Bertz CT molecular complexity index is 352. The topological polar surface area (TPSA) is 62.9 Å². The highest BCUT2D eigenvalue weighted by Crippen LogP contribution is 2.24. The Kier molecular flexibility index (Phi) is 2.78. The molecular formula is C11H14N4. The van der Waals surface area contributed by atoms with Gasteiger partial charge < -0.3 is 10.2 Å². The number of hydrogen-bond acceptors (Lipinski definition) is 4. The third kappa shape index (κ3) is 1.76. The summed E-state index contributed by atoms with van der Waals surface area (Å²) in [4.78, 5) is 2.21. The van der Waals surface area contributed by atoms with Gasteiger partial charge in [0.25, 0.3) is 0 Å². The van der Waals surface area contributed by atoms with Crippen LogP contribution in [-0.4, -0.2) is 24.5 Å². The minimum atomic E-state index is -0.257. The first-order chi connectivity index (χ1) is 7.36. The summed E-state index contributed by atoms with van der Waals surface area (Å²) in [6.07, 6.45) is 3.63. The molecule has 1 unspecified atom stereocenters. The number of nitrogens with zero attached hydrogens (tertiary/aromatic N) is 3. The van der Waals surface area contributed by atoms with E-state index in [-0.39, 0.29) is 5.92 Å². The molecule has 78 valence electrons. The number of rotatable bonds is 1. The predicted octanol–water partition coefficient (Wildman–Crippen LogP) is 0.950. The van der Waals surface area contributed by atoms with E-state index in [9.17, 15) is 0 Å². The lowest BCUT2D eigenvalue weighted by atomic mass is 10.0. The van der Waals surface area contributed by atoms with Gasteiger partial charge in [0.2, 0.25) is 0 Å². The van der Waals surface area contributed by atoms with E-state index in [4.69, 9.17) is 10.5 Å². The second-order valence-corrected chi connectivity index (χ2v) is 3.98. The molecule has 4 nitrogen and oxygen atoms in total. The Morgan fingerprint density at radius 2 is 1.93 bits per heavy atom. The number of nitriles is 2. The van der Waals surface area contributed by atoms with Crippen molar-refractivity contribution in [1.82, 2.24) is 10.2 Å². The minimum Gasteiger partial charge on any atom is -0.369 e. The zero-order chi connectivity index (χ0) is 10.7. The second kappa shape index (κ2) is 4.23. The van der Waals surface area contributed by atoms with Gasteiger partial charge >= 0.3 is 0 Å². The van der Waals surface area contributed by atoms with Crippen molar-refractivity contribution in [3.8, 4) is 12.1 Å². The van der Waals surface area contributed by atoms with E-state index >= 15 is 0 Å². The van der Waals surface area contributed by atoms with Crippen LogP contribution in [-0.2, 0) is 0 Å². The zero-order valence-electron chi connectivity index (χ0n) is 8.66. The lowest BCUT2D eigenvalue weighted by molar-refractivity contribution is 0.271. The highest BCUT2D eigenvalue weighted by Gasteiger charge is 2.29. The van der Waals surface area contributed by atoms with E-state index < -0.39 is 0 Å². The Labute approximate surface area is 89.8 Å². The summed E-state index contributed by atoms with van der Waals surface area (Å²) < 4.78 is 0. The van der Waals surface area contributed by atoms with E-state index in [0.29, 0.717) is 12.1 Å². The van der Waals surface area contributed by atoms with Crippen molar-refractivity contribution in [3.63, 3.8) is 0 Å². The molecule has 0 aromatic rings. The van der Waals surface area contributed by atoms with Crippen LogP contribution in [0, 0.1) is 28.6 Å². The number of piperidine rings is 1. The van der Waals surface area contributed by atoms with Crippen LogP contribution in [0.25, 0.3) is 0 Å². The Morgan fingerprint density at radius 1 is 1.20 bits per heavy atom. The number of nitrogens with one attached hydrogen (secondary N) is 1. The monoisotopic (exact) mass is 202 g/mol. The molecule has 4 heteroatoms. The van der Waals surface area contributed by atoms with Gasteiger partial charge in [0.15, 0.2) is 0 Å². The summed E-state index contributed by atoms with van der Waals surface area (Å²) in [5.41, 5.74) is 0.624. The quantitative estimate of drug-likeness (QED) is 0.687. The maximum atomic E-state index is 9.04. The molecule has 2 aliphatic rings. The number of likely N-dealkylation sites (tertiary alicyclic amines) is 1. The van der Waals surface area contributed by atoms with Crippen LogP contribution < -0.4 is 5.32 Å². The van der Waals surface area contributed by atoms with Crippen molar-refractivity contribution in [3.05, 3.63) is 11.4 Å². The first kappa shape index (κ1) is 9.86. The van der Waals surface area contributed by atoms with Crippen LogP contribution in [0.15, 0.2) is 11.4 Å². The second-order valence-electron chi connectivity index (χ2n) is 3.98. The molecule has 2 rings (SSSR count). The molecule has 2 heterocycles. The van der Waals surface area contributed by atoms with Crippen LogP contribution in [0.2, 0.25) is 0 Å². The molecule has 0 aliphatic carbocycles. The van der Waals surface area contributed by atoms with Crippen LogP contribution in [0.4, 0.5) is 0 Å². The fourth-order valence-electron chi connectivity index (χ4n) is 2.20. The van der Waals surface area contributed by atoms with Crippen molar-refractivity contribution in [2.24, 2.45) is 5.92 Å². The van der Waals surface area contributed by atoms with Crippen LogP contribution >= 0.6 is 0 Å². The lowest BCUT2D eigenvalue weighted by Gasteiger charge is -2.29. The van der Waals surface area contributed by atoms with E-state index in [2.05, 4.69) is 22.4 Å². The highest BCUT2D eigenvalue weighted by molar-refractivity contribution is 5.37. The largest absolute Gasteiger partial charge is 0.369 e. The fraction of sp³-hybridized carbons (Fsp3) is 0.636. The first-order valence-electron chi connectivity index (χ1n) is 5.39.